The molecule has 0 radical (unpaired) electrons. The van der Waals surface area contributed by atoms with Crippen LogP contribution in [0.1, 0.15) is 33.6 Å². The van der Waals surface area contributed by atoms with Gasteiger partial charge in [0.2, 0.25) is 10.1 Å². The number of nitrogens with one attached hydrogen (secondary N) is 1. The average Bonchev–Trinajstić information content (AvgIpc) is 3.18. The van der Waals surface area contributed by atoms with Crippen molar-refractivity contribution >= 4 is 21.4 Å². The Balaban J connectivity index is 1.58. The Morgan fingerprint density at radius 2 is 1.96 bits per heavy atom. The van der Waals surface area contributed by atoms with Crippen molar-refractivity contribution in [3.63, 3.8) is 0 Å². The first kappa shape index (κ1) is 18.8. The zero-order valence-corrected chi connectivity index (χ0v) is 16.4. The van der Waals surface area contributed by atoms with E-state index in [9.17, 15) is 4.39 Å². The summed E-state index contributed by atoms with van der Waals surface area (Å²) >= 11 is 1.54. The van der Waals surface area contributed by atoms with Gasteiger partial charge in [0.1, 0.15) is 5.82 Å². The van der Waals surface area contributed by atoms with E-state index in [1.807, 2.05) is 6.20 Å². The van der Waals surface area contributed by atoms with Gasteiger partial charge in [0.25, 0.3) is 0 Å². The fourth-order valence-corrected chi connectivity index (χ4v) is 3.85. The lowest BCUT2D eigenvalue weighted by atomic mass is 10.2. The summed E-state index contributed by atoms with van der Waals surface area (Å²) in [4.78, 5) is 7.88. The predicted molar refractivity (Wildman–Crippen MR) is 106 cm³/mol. The molecule has 140 valence electrons. The standard InChI is InChI=1S/C19H26FN5S/c1-4-24(5-2)12-6-7-14(3)21-18-23-25-13-17(22-19(25)26-18)15-8-10-16(20)11-9-15/h8-11,13-14H,4-7,12H2,1-3H3,(H,21,23). The summed E-state index contributed by atoms with van der Waals surface area (Å²) in [6.07, 6.45) is 4.17. The van der Waals surface area contributed by atoms with E-state index in [1.165, 1.54) is 29.9 Å². The molecule has 7 heteroatoms. The minimum Gasteiger partial charge on any atom is -0.358 e. The summed E-state index contributed by atoms with van der Waals surface area (Å²) in [5.74, 6) is -0.241. The molecule has 0 saturated carbocycles. The predicted octanol–water partition coefficient (Wildman–Crippen LogP) is 4.52. The molecule has 0 spiro atoms. The van der Waals surface area contributed by atoms with Crippen LogP contribution < -0.4 is 5.32 Å². The minimum atomic E-state index is -0.241. The molecular weight excluding hydrogens is 349 g/mol. The lowest BCUT2D eigenvalue weighted by Crippen LogP contribution is -2.25. The number of halogens is 1. The molecule has 0 aliphatic rings. The molecule has 1 atom stereocenters. The molecule has 0 aliphatic carbocycles. The molecule has 0 fully saturated rings. The van der Waals surface area contributed by atoms with Gasteiger partial charge in [0.15, 0.2) is 0 Å². The third-order valence-corrected chi connectivity index (χ3v) is 5.41. The van der Waals surface area contributed by atoms with Gasteiger partial charge in [0.05, 0.1) is 11.9 Å². The Hall–Kier alpha value is -1.99. The van der Waals surface area contributed by atoms with Crippen LogP contribution in [0.25, 0.3) is 16.2 Å². The van der Waals surface area contributed by atoms with E-state index in [0.29, 0.717) is 6.04 Å². The van der Waals surface area contributed by atoms with Gasteiger partial charge < -0.3 is 10.2 Å². The lowest BCUT2D eigenvalue weighted by Gasteiger charge is -2.19. The molecule has 3 aromatic rings. The number of rotatable bonds is 9. The quantitative estimate of drug-likeness (QED) is 0.597. The average molecular weight is 376 g/mol. The van der Waals surface area contributed by atoms with Crippen molar-refractivity contribution in [3.8, 4) is 11.3 Å². The molecule has 2 heterocycles. The summed E-state index contributed by atoms with van der Waals surface area (Å²) in [5, 5.41) is 8.92. The van der Waals surface area contributed by atoms with E-state index in [4.69, 9.17) is 0 Å². The van der Waals surface area contributed by atoms with Crippen molar-refractivity contribution < 1.29 is 4.39 Å². The van der Waals surface area contributed by atoms with Gasteiger partial charge in [-0.15, -0.1) is 5.10 Å². The smallest absolute Gasteiger partial charge is 0.214 e. The van der Waals surface area contributed by atoms with Crippen LogP contribution in [0, 0.1) is 5.82 Å². The molecule has 1 N–H and O–H groups in total. The van der Waals surface area contributed by atoms with Gasteiger partial charge >= 0.3 is 0 Å². The number of nitrogens with zero attached hydrogens (tertiary/aromatic N) is 4. The van der Waals surface area contributed by atoms with E-state index >= 15 is 0 Å². The van der Waals surface area contributed by atoms with Crippen LogP contribution in [0.15, 0.2) is 30.5 Å². The zero-order valence-electron chi connectivity index (χ0n) is 15.6. The highest BCUT2D eigenvalue weighted by Gasteiger charge is 2.12. The molecule has 1 unspecified atom stereocenters. The Morgan fingerprint density at radius 1 is 1.23 bits per heavy atom. The zero-order chi connectivity index (χ0) is 18.5. The van der Waals surface area contributed by atoms with E-state index in [1.54, 1.807) is 16.6 Å². The van der Waals surface area contributed by atoms with Crippen LogP contribution in [0.4, 0.5) is 9.52 Å². The van der Waals surface area contributed by atoms with Crippen molar-refractivity contribution in [1.29, 1.82) is 0 Å². The second kappa shape index (κ2) is 8.60. The number of imidazole rings is 1. The molecule has 5 nitrogen and oxygen atoms in total. The first-order valence-corrected chi connectivity index (χ1v) is 10.0. The fourth-order valence-electron chi connectivity index (χ4n) is 2.96. The molecule has 1 aromatic carbocycles. The molecule has 0 bridgehead atoms. The molecule has 26 heavy (non-hydrogen) atoms. The molecule has 0 amide bonds. The Kier molecular flexibility index (Phi) is 6.21. The number of benzene rings is 1. The maximum Gasteiger partial charge on any atom is 0.214 e. The monoisotopic (exact) mass is 375 g/mol. The van der Waals surface area contributed by atoms with Gasteiger partial charge in [-0.2, -0.15) is 0 Å². The van der Waals surface area contributed by atoms with Gasteiger partial charge in [-0.05, 0) is 63.7 Å². The molecule has 3 rings (SSSR count). The number of aromatic nitrogens is 3. The van der Waals surface area contributed by atoms with Crippen molar-refractivity contribution in [2.24, 2.45) is 0 Å². The van der Waals surface area contributed by atoms with E-state index in [0.717, 1.165) is 47.4 Å². The van der Waals surface area contributed by atoms with E-state index < -0.39 is 0 Å². The number of hydrogen-bond acceptors (Lipinski definition) is 5. The second-order valence-electron chi connectivity index (χ2n) is 6.48. The van der Waals surface area contributed by atoms with Crippen LogP contribution in [-0.2, 0) is 0 Å². The number of fused-ring (bicyclic) bond motifs is 1. The van der Waals surface area contributed by atoms with Gasteiger partial charge in [-0.3, -0.25) is 0 Å². The first-order chi connectivity index (χ1) is 12.6. The van der Waals surface area contributed by atoms with Gasteiger partial charge in [-0.1, -0.05) is 25.2 Å². The van der Waals surface area contributed by atoms with Crippen LogP contribution in [0.5, 0.6) is 0 Å². The highest BCUT2D eigenvalue weighted by Crippen LogP contribution is 2.25. The van der Waals surface area contributed by atoms with Crippen LogP contribution in [0.2, 0.25) is 0 Å². The summed E-state index contributed by atoms with van der Waals surface area (Å²) in [5.41, 5.74) is 1.70. The van der Waals surface area contributed by atoms with Crippen molar-refractivity contribution in [1.82, 2.24) is 19.5 Å². The van der Waals surface area contributed by atoms with E-state index in [-0.39, 0.29) is 5.82 Å². The summed E-state index contributed by atoms with van der Waals surface area (Å²) in [7, 11) is 0. The highest BCUT2D eigenvalue weighted by molar-refractivity contribution is 7.20. The third-order valence-electron chi connectivity index (χ3n) is 4.56. The largest absolute Gasteiger partial charge is 0.358 e. The Bertz CT molecular complexity index is 791. The van der Waals surface area contributed by atoms with Crippen molar-refractivity contribution in [3.05, 3.63) is 36.3 Å². The Morgan fingerprint density at radius 3 is 2.62 bits per heavy atom. The normalized spacial score (nSPS) is 12.8. The van der Waals surface area contributed by atoms with Gasteiger partial charge in [0, 0.05) is 11.6 Å². The van der Waals surface area contributed by atoms with Crippen molar-refractivity contribution in [2.45, 2.75) is 39.7 Å². The molecule has 2 aromatic heterocycles. The van der Waals surface area contributed by atoms with Crippen LogP contribution in [-0.4, -0.2) is 45.2 Å². The summed E-state index contributed by atoms with van der Waals surface area (Å²) in [6.45, 7) is 9.96. The summed E-state index contributed by atoms with van der Waals surface area (Å²) < 4.78 is 14.8. The number of anilines is 1. The van der Waals surface area contributed by atoms with Crippen LogP contribution >= 0.6 is 11.3 Å². The van der Waals surface area contributed by atoms with Gasteiger partial charge in [-0.25, -0.2) is 13.9 Å². The third kappa shape index (κ3) is 4.59. The molecular formula is C19H26FN5S. The SMILES string of the molecule is CCN(CC)CCCC(C)Nc1nn2cc(-c3ccc(F)cc3)nc2s1. The Labute approximate surface area is 157 Å². The number of hydrogen-bond donors (Lipinski definition) is 1. The van der Waals surface area contributed by atoms with Crippen molar-refractivity contribution in [2.75, 3.05) is 25.0 Å². The maximum atomic E-state index is 13.0. The molecule has 0 aliphatic heterocycles. The fraction of sp³-hybridized carbons (Fsp3) is 0.474. The second-order valence-corrected chi connectivity index (χ2v) is 7.44. The lowest BCUT2D eigenvalue weighted by molar-refractivity contribution is 0.295. The summed E-state index contributed by atoms with van der Waals surface area (Å²) in [6, 6.07) is 6.74. The first-order valence-electron chi connectivity index (χ1n) is 9.20. The maximum absolute atomic E-state index is 13.0. The topological polar surface area (TPSA) is 45.5 Å². The highest BCUT2D eigenvalue weighted by atomic mass is 32.1. The van der Waals surface area contributed by atoms with E-state index in [2.05, 4.69) is 41.1 Å². The van der Waals surface area contributed by atoms with Crippen LogP contribution in [0.3, 0.4) is 0 Å². The minimum absolute atomic E-state index is 0.241. The molecule has 0 saturated heterocycles.